The minimum absolute atomic E-state index is 0. The SMILES string of the molecule is C.O=S(=O)([O-])[O-].[Ag]. The Balaban J connectivity index is -0.0000000800. The van der Waals surface area contributed by atoms with Gasteiger partial charge in [-0.05, 0) is 0 Å². The van der Waals surface area contributed by atoms with Crippen LogP contribution in [0.2, 0.25) is 0 Å². The van der Waals surface area contributed by atoms with Crippen LogP contribution in [0.4, 0.5) is 0 Å². The van der Waals surface area contributed by atoms with Gasteiger partial charge in [0.1, 0.15) is 0 Å². The maximum atomic E-state index is 8.52. The molecule has 51 valence electrons. The van der Waals surface area contributed by atoms with Gasteiger partial charge < -0.3 is 9.11 Å². The van der Waals surface area contributed by atoms with Crippen LogP contribution in [-0.4, -0.2) is 17.5 Å². The molecule has 0 N–H and O–H groups in total. The molecule has 0 aliphatic heterocycles. The van der Waals surface area contributed by atoms with E-state index in [-0.39, 0.29) is 29.8 Å². The molecule has 0 bridgehead atoms. The quantitative estimate of drug-likeness (QED) is 0.307. The van der Waals surface area contributed by atoms with E-state index in [4.69, 9.17) is 17.5 Å². The molecule has 0 unspecified atom stereocenters. The topological polar surface area (TPSA) is 80.3 Å². The Labute approximate surface area is 58.0 Å². The summed E-state index contributed by atoms with van der Waals surface area (Å²) in [5, 5.41) is 0. The Hall–Kier alpha value is 0.610. The van der Waals surface area contributed by atoms with E-state index >= 15 is 0 Å². The van der Waals surface area contributed by atoms with Crippen molar-refractivity contribution in [1.82, 2.24) is 0 Å². The molecule has 0 amide bonds. The van der Waals surface area contributed by atoms with E-state index in [2.05, 4.69) is 0 Å². The molecule has 7 heavy (non-hydrogen) atoms. The molecule has 0 aromatic heterocycles. The Morgan fingerprint density at radius 1 is 1.14 bits per heavy atom. The second kappa shape index (κ2) is 4.76. The largest absolute Gasteiger partial charge is 0.759 e. The Morgan fingerprint density at radius 2 is 1.14 bits per heavy atom. The molecular formula is CH4AgO4S-2. The zero-order valence-electron chi connectivity index (χ0n) is 2.34. The normalized spacial score (nSPS) is 8.29. The van der Waals surface area contributed by atoms with Crippen molar-refractivity contribution in [3.05, 3.63) is 0 Å². The molecule has 0 saturated carbocycles. The van der Waals surface area contributed by atoms with Crippen molar-refractivity contribution in [2.45, 2.75) is 7.43 Å². The van der Waals surface area contributed by atoms with Crippen LogP contribution < -0.4 is 0 Å². The molecule has 6 heteroatoms. The predicted octanol–water partition coefficient (Wildman–Crippen LogP) is -0.704. The standard InChI is InChI=1S/CH4.Ag.H2O4S/c;;1-5(2,3)4/h1H4;;(H2,1,2,3,4)/p-2. The van der Waals surface area contributed by atoms with Gasteiger partial charge in [-0.1, -0.05) is 7.43 Å². The molecule has 4 nitrogen and oxygen atoms in total. The van der Waals surface area contributed by atoms with E-state index in [1.54, 1.807) is 0 Å². The van der Waals surface area contributed by atoms with Gasteiger partial charge in [0.25, 0.3) is 0 Å². The molecular weight excluding hydrogens is 216 g/mol. The van der Waals surface area contributed by atoms with E-state index in [0.717, 1.165) is 0 Å². The van der Waals surface area contributed by atoms with Gasteiger partial charge in [-0.3, -0.25) is 8.42 Å². The van der Waals surface area contributed by atoms with Gasteiger partial charge in [0.2, 0.25) is 0 Å². The third-order valence-corrected chi connectivity index (χ3v) is 0. The van der Waals surface area contributed by atoms with Crippen LogP contribution >= 0.6 is 0 Å². The van der Waals surface area contributed by atoms with Gasteiger partial charge in [0.05, 0.1) is 0 Å². The fraction of sp³-hybridized carbons (Fsp3) is 1.00. The maximum absolute atomic E-state index is 8.52. The van der Waals surface area contributed by atoms with Gasteiger partial charge in [-0.25, -0.2) is 0 Å². The number of hydrogen-bond donors (Lipinski definition) is 0. The summed E-state index contributed by atoms with van der Waals surface area (Å²) in [7, 11) is -5.17. The Morgan fingerprint density at radius 3 is 1.14 bits per heavy atom. The molecule has 0 aromatic rings. The van der Waals surface area contributed by atoms with Gasteiger partial charge in [0.15, 0.2) is 0 Å². The second-order valence-electron chi connectivity index (χ2n) is 0.408. The summed E-state index contributed by atoms with van der Waals surface area (Å²) in [6.45, 7) is 0. The van der Waals surface area contributed by atoms with Crippen LogP contribution in [0.25, 0.3) is 0 Å². The third-order valence-electron chi connectivity index (χ3n) is 0. The Bertz CT molecular complexity index is 94.9. The summed E-state index contributed by atoms with van der Waals surface area (Å²) in [5.41, 5.74) is 0. The van der Waals surface area contributed by atoms with Gasteiger partial charge in [0, 0.05) is 32.8 Å². The van der Waals surface area contributed by atoms with Crippen LogP contribution in [0.5, 0.6) is 0 Å². The van der Waals surface area contributed by atoms with Gasteiger partial charge in [-0.15, -0.1) is 0 Å². The van der Waals surface area contributed by atoms with Crippen molar-refractivity contribution in [2.24, 2.45) is 0 Å². The minimum Gasteiger partial charge on any atom is -0.759 e. The fourth-order valence-electron chi connectivity index (χ4n) is 0. The summed E-state index contributed by atoms with van der Waals surface area (Å²) in [6.07, 6.45) is 0. The van der Waals surface area contributed by atoms with E-state index in [1.807, 2.05) is 0 Å². The maximum Gasteiger partial charge on any atom is 0.0311 e. The van der Waals surface area contributed by atoms with Crippen molar-refractivity contribution in [3.63, 3.8) is 0 Å². The van der Waals surface area contributed by atoms with Gasteiger partial charge in [-0.2, -0.15) is 0 Å². The molecule has 1 radical (unpaired) electrons. The average molecular weight is 220 g/mol. The average Bonchev–Trinajstić information content (AvgIpc) is 0.722. The van der Waals surface area contributed by atoms with Crippen LogP contribution in [0.1, 0.15) is 7.43 Å². The molecule has 0 saturated heterocycles. The monoisotopic (exact) mass is 219 g/mol. The number of rotatable bonds is 0. The van der Waals surface area contributed by atoms with E-state index in [0.29, 0.717) is 0 Å². The first kappa shape index (κ1) is 15.6. The molecule has 0 spiro atoms. The summed E-state index contributed by atoms with van der Waals surface area (Å²) in [5.74, 6) is 0. The van der Waals surface area contributed by atoms with Crippen LogP contribution in [0.3, 0.4) is 0 Å². The van der Waals surface area contributed by atoms with Crippen LogP contribution in [0, 0.1) is 0 Å². The third kappa shape index (κ3) is 377. The van der Waals surface area contributed by atoms with E-state index in [9.17, 15) is 0 Å². The minimum atomic E-state index is -5.17. The van der Waals surface area contributed by atoms with Crippen LogP contribution in [0.15, 0.2) is 0 Å². The number of hydrogen-bond acceptors (Lipinski definition) is 4. The second-order valence-corrected chi connectivity index (χ2v) is 1.22. The molecule has 0 rings (SSSR count). The summed E-state index contributed by atoms with van der Waals surface area (Å²) in [4.78, 5) is 0. The fourth-order valence-corrected chi connectivity index (χ4v) is 0. The van der Waals surface area contributed by atoms with E-state index in [1.165, 1.54) is 0 Å². The first-order valence-corrected chi connectivity index (χ1v) is 2.00. The molecule has 0 fully saturated rings. The van der Waals surface area contributed by atoms with Crippen molar-refractivity contribution < 1.29 is 39.9 Å². The zero-order valence-corrected chi connectivity index (χ0v) is 4.64. The van der Waals surface area contributed by atoms with Crippen LogP contribution in [-0.2, 0) is 32.8 Å². The molecule has 0 atom stereocenters. The predicted molar refractivity (Wildman–Crippen MR) is 17.2 cm³/mol. The molecule has 0 aliphatic rings. The molecule has 0 heterocycles. The smallest absolute Gasteiger partial charge is 0.0311 e. The van der Waals surface area contributed by atoms with Crippen molar-refractivity contribution >= 4 is 10.4 Å². The van der Waals surface area contributed by atoms with Crippen molar-refractivity contribution in [1.29, 1.82) is 0 Å². The molecule has 0 aromatic carbocycles. The summed E-state index contributed by atoms with van der Waals surface area (Å²) < 4.78 is 34.1. The zero-order chi connectivity index (χ0) is 4.50. The summed E-state index contributed by atoms with van der Waals surface area (Å²) >= 11 is 0. The van der Waals surface area contributed by atoms with Gasteiger partial charge >= 0.3 is 0 Å². The Kier molecular flexibility index (Phi) is 10.6. The summed E-state index contributed by atoms with van der Waals surface area (Å²) in [6, 6.07) is 0. The first-order valence-electron chi connectivity index (χ1n) is 0.667. The molecule has 0 aliphatic carbocycles. The first-order chi connectivity index (χ1) is 2.00. The van der Waals surface area contributed by atoms with Crippen molar-refractivity contribution in [3.8, 4) is 0 Å². The van der Waals surface area contributed by atoms with E-state index < -0.39 is 10.4 Å². The van der Waals surface area contributed by atoms with Crippen molar-refractivity contribution in [2.75, 3.05) is 0 Å².